The zero-order chi connectivity index (χ0) is 9.26. The molecule has 0 spiro atoms. The molecule has 2 aromatic rings. The predicted octanol–water partition coefficient (Wildman–Crippen LogP) is 1.44. The maximum Gasteiger partial charge on any atom is 0.173 e. The highest BCUT2D eigenvalue weighted by Crippen LogP contribution is 2.18. The van der Waals surface area contributed by atoms with Gasteiger partial charge in [0.05, 0.1) is 6.54 Å². The summed E-state index contributed by atoms with van der Waals surface area (Å²) >= 11 is 0. The first kappa shape index (κ1) is 8.07. The van der Waals surface area contributed by atoms with Crippen LogP contribution in [0.3, 0.4) is 0 Å². The number of aromatic amines is 1. The molecule has 0 aliphatic heterocycles. The summed E-state index contributed by atoms with van der Waals surface area (Å²) in [6, 6.07) is 3.72. The molecule has 0 aromatic carbocycles. The second-order valence-electron chi connectivity index (χ2n) is 2.88. The molecule has 3 N–H and O–H groups in total. The van der Waals surface area contributed by atoms with Gasteiger partial charge in [0.15, 0.2) is 11.6 Å². The number of hydrogen-bond acceptors (Lipinski definition) is 3. The first-order valence-corrected chi connectivity index (χ1v) is 4.10. The largest absolute Gasteiger partial charge is 0.456 e. The summed E-state index contributed by atoms with van der Waals surface area (Å²) in [4.78, 5) is 7.23. The molecule has 0 radical (unpaired) electrons. The summed E-state index contributed by atoms with van der Waals surface area (Å²) in [5, 5.41) is 0. The molecule has 13 heavy (non-hydrogen) atoms. The number of nitrogens with two attached hydrogens (primary N) is 1. The van der Waals surface area contributed by atoms with Crippen molar-refractivity contribution in [2.75, 3.05) is 0 Å². The number of rotatable bonds is 2. The number of H-pyrrole nitrogens is 1. The molecule has 0 fully saturated rings. The Hall–Kier alpha value is -1.55. The van der Waals surface area contributed by atoms with Crippen molar-refractivity contribution < 1.29 is 4.42 Å². The van der Waals surface area contributed by atoms with Gasteiger partial charge in [0.25, 0.3) is 0 Å². The number of furan rings is 1. The normalized spacial score (nSPS) is 10.6. The highest BCUT2D eigenvalue weighted by Gasteiger charge is 2.05. The van der Waals surface area contributed by atoms with E-state index in [9.17, 15) is 0 Å². The monoisotopic (exact) mass is 177 g/mol. The Morgan fingerprint density at radius 3 is 2.92 bits per heavy atom. The van der Waals surface area contributed by atoms with Crippen molar-refractivity contribution in [1.29, 1.82) is 0 Å². The molecular weight excluding hydrogens is 166 g/mol. The Bertz CT molecular complexity index is 402. The van der Waals surface area contributed by atoms with Crippen molar-refractivity contribution in [1.82, 2.24) is 9.97 Å². The van der Waals surface area contributed by atoms with E-state index in [0.717, 1.165) is 23.0 Å². The van der Waals surface area contributed by atoms with Crippen molar-refractivity contribution in [3.05, 3.63) is 29.8 Å². The number of nitrogens with zero attached hydrogens (tertiary/aromatic N) is 1. The molecule has 0 saturated heterocycles. The van der Waals surface area contributed by atoms with Crippen LogP contribution in [0.5, 0.6) is 0 Å². The standard InChI is InChI=1S/C9H11N3O/c1-6-5-11-9(12-6)8-3-2-7(4-10)13-8/h2-3,5H,4,10H2,1H3,(H,11,12). The van der Waals surface area contributed by atoms with E-state index in [1.54, 1.807) is 6.20 Å². The van der Waals surface area contributed by atoms with Gasteiger partial charge < -0.3 is 15.1 Å². The third-order valence-corrected chi connectivity index (χ3v) is 1.80. The molecule has 4 heteroatoms. The smallest absolute Gasteiger partial charge is 0.173 e. The maximum absolute atomic E-state index is 5.42. The molecule has 68 valence electrons. The second-order valence-corrected chi connectivity index (χ2v) is 2.88. The lowest BCUT2D eigenvalue weighted by Crippen LogP contribution is -1.92. The number of aromatic nitrogens is 2. The van der Waals surface area contributed by atoms with Crippen LogP contribution in [-0.4, -0.2) is 9.97 Å². The zero-order valence-corrected chi connectivity index (χ0v) is 7.37. The molecule has 2 rings (SSSR count). The van der Waals surface area contributed by atoms with Crippen LogP contribution in [0.15, 0.2) is 22.7 Å². The van der Waals surface area contributed by atoms with Crippen molar-refractivity contribution in [2.24, 2.45) is 5.73 Å². The summed E-state index contributed by atoms with van der Waals surface area (Å²) in [5.74, 6) is 2.25. The quantitative estimate of drug-likeness (QED) is 0.729. The van der Waals surface area contributed by atoms with Gasteiger partial charge in [0.1, 0.15) is 5.76 Å². The van der Waals surface area contributed by atoms with Crippen LogP contribution in [-0.2, 0) is 6.54 Å². The Balaban J connectivity index is 2.35. The van der Waals surface area contributed by atoms with Crippen molar-refractivity contribution in [3.8, 4) is 11.6 Å². The number of nitrogens with one attached hydrogen (secondary N) is 1. The van der Waals surface area contributed by atoms with E-state index < -0.39 is 0 Å². The minimum Gasteiger partial charge on any atom is -0.456 e. The van der Waals surface area contributed by atoms with Crippen LogP contribution in [0.4, 0.5) is 0 Å². The van der Waals surface area contributed by atoms with Gasteiger partial charge in [-0.1, -0.05) is 0 Å². The number of aryl methyl sites for hydroxylation is 1. The van der Waals surface area contributed by atoms with Crippen molar-refractivity contribution >= 4 is 0 Å². The predicted molar refractivity (Wildman–Crippen MR) is 48.9 cm³/mol. The molecule has 0 aliphatic carbocycles. The summed E-state index contributed by atoms with van der Waals surface area (Å²) in [5.41, 5.74) is 6.44. The van der Waals surface area contributed by atoms with E-state index in [4.69, 9.17) is 10.2 Å². The number of hydrogen-bond donors (Lipinski definition) is 2. The van der Waals surface area contributed by atoms with Crippen LogP contribution >= 0.6 is 0 Å². The minimum atomic E-state index is 0.416. The molecule has 0 aliphatic rings. The highest BCUT2D eigenvalue weighted by atomic mass is 16.3. The molecule has 0 bridgehead atoms. The molecule has 2 heterocycles. The summed E-state index contributed by atoms with van der Waals surface area (Å²) < 4.78 is 5.41. The first-order valence-electron chi connectivity index (χ1n) is 4.10. The molecule has 0 amide bonds. The second kappa shape index (κ2) is 3.06. The van der Waals surface area contributed by atoms with Crippen LogP contribution in [0.1, 0.15) is 11.5 Å². The van der Waals surface area contributed by atoms with Gasteiger partial charge in [-0.3, -0.25) is 0 Å². The van der Waals surface area contributed by atoms with Crippen LogP contribution in [0.25, 0.3) is 11.6 Å². The number of imidazole rings is 1. The van der Waals surface area contributed by atoms with Gasteiger partial charge >= 0.3 is 0 Å². The van der Waals surface area contributed by atoms with Crippen LogP contribution in [0, 0.1) is 6.92 Å². The third-order valence-electron chi connectivity index (χ3n) is 1.80. The highest BCUT2D eigenvalue weighted by molar-refractivity contribution is 5.47. The van der Waals surface area contributed by atoms with E-state index in [1.165, 1.54) is 0 Å². The van der Waals surface area contributed by atoms with Gasteiger partial charge in [-0.15, -0.1) is 0 Å². The lowest BCUT2D eigenvalue weighted by atomic mass is 10.4. The fraction of sp³-hybridized carbons (Fsp3) is 0.222. The van der Waals surface area contributed by atoms with Gasteiger partial charge in [-0.2, -0.15) is 0 Å². The Morgan fingerprint density at radius 1 is 1.54 bits per heavy atom. The lowest BCUT2D eigenvalue weighted by molar-refractivity contribution is 0.522. The molecule has 4 nitrogen and oxygen atoms in total. The lowest BCUT2D eigenvalue weighted by Gasteiger charge is -1.90. The fourth-order valence-electron chi connectivity index (χ4n) is 1.15. The van der Waals surface area contributed by atoms with Gasteiger partial charge in [-0.25, -0.2) is 4.98 Å². The summed E-state index contributed by atoms with van der Waals surface area (Å²) in [6.07, 6.45) is 1.76. The molecule has 2 aromatic heterocycles. The third kappa shape index (κ3) is 1.48. The Kier molecular flexibility index (Phi) is 1.90. The molecule has 0 atom stereocenters. The molecular formula is C9H11N3O. The fourth-order valence-corrected chi connectivity index (χ4v) is 1.15. The SMILES string of the molecule is Cc1cnc(-c2ccc(CN)o2)[nH]1. The summed E-state index contributed by atoms with van der Waals surface area (Å²) in [6.45, 7) is 2.36. The van der Waals surface area contributed by atoms with E-state index in [1.807, 2.05) is 19.1 Å². The zero-order valence-electron chi connectivity index (χ0n) is 7.37. The van der Waals surface area contributed by atoms with E-state index >= 15 is 0 Å². The molecule has 0 saturated carbocycles. The average Bonchev–Trinajstić information content (AvgIpc) is 2.71. The van der Waals surface area contributed by atoms with E-state index in [-0.39, 0.29) is 0 Å². The molecule has 0 unspecified atom stereocenters. The summed E-state index contributed by atoms with van der Waals surface area (Å²) in [7, 11) is 0. The van der Waals surface area contributed by atoms with Gasteiger partial charge in [0, 0.05) is 11.9 Å². The Labute approximate surface area is 75.8 Å². The Morgan fingerprint density at radius 2 is 2.38 bits per heavy atom. The van der Waals surface area contributed by atoms with Crippen LogP contribution in [0.2, 0.25) is 0 Å². The minimum absolute atomic E-state index is 0.416. The topological polar surface area (TPSA) is 67.8 Å². The van der Waals surface area contributed by atoms with Crippen LogP contribution < -0.4 is 5.73 Å². The average molecular weight is 177 g/mol. The van der Waals surface area contributed by atoms with Crippen molar-refractivity contribution in [3.63, 3.8) is 0 Å². The van der Waals surface area contributed by atoms with E-state index in [0.29, 0.717) is 6.54 Å². The van der Waals surface area contributed by atoms with Gasteiger partial charge in [-0.05, 0) is 19.1 Å². The van der Waals surface area contributed by atoms with Crippen molar-refractivity contribution in [2.45, 2.75) is 13.5 Å². The van der Waals surface area contributed by atoms with E-state index in [2.05, 4.69) is 9.97 Å². The maximum atomic E-state index is 5.42. The first-order chi connectivity index (χ1) is 6.29. The van der Waals surface area contributed by atoms with Gasteiger partial charge in [0.2, 0.25) is 0 Å².